The lowest BCUT2D eigenvalue weighted by Crippen LogP contribution is -2.50. The highest BCUT2D eigenvalue weighted by atomic mass is 16.3. The zero-order chi connectivity index (χ0) is 21.5. The van der Waals surface area contributed by atoms with Gasteiger partial charge in [0.15, 0.2) is 0 Å². The summed E-state index contributed by atoms with van der Waals surface area (Å²) in [7, 11) is 0. The van der Waals surface area contributed by atoms with E-state index >= 15 is 0 Å². The molecule has 0 aromatic carbocycles. The first-order chi connectivity index (χ1) is 14.1. The lowest BCUT2D eigenvalue weighted by atomic mass is 9.47. The Morgan fingerprint density at radius 2 is 1.73 bits per heavy atom. The third-order valence-electron chi connectivity index (χ3n) is 11.9. The van der Waals surface area contributed by atoms with Gasteiger partial charge in [-0.3, -0.25) is 0 Å². The highest BCUT2D eigenvalue weighted by Gasteiger charge is 2.75. The van der Waals surface area contributed by atoms with E-state index in [1.54, 1.807) is 0 Å². The highest BCUT2D eigenvalue weighted by Crippen LogP contribution is 2.83. The summed E-state index contributed by atoms with van der Waals surface area (Å²) in [5.74, 6) is 3.70. The van der Waals surface area contributed by atoms with Gasteiger partial charge in [0.2, 0.25) is 0 Å². The fourth-order valence-electron chi connectivity index (χ4n) is 9.32. The molecule has 0 amide bonds. The van der Waals surface area contributed by atoms with Gasteiger partial charge in [-0.25, -0.2) is 0 Å². The van der Waals surface area contributed by atoms with Crippen LogP contribution in [0.2, 0.25) is 0 Å². The average molecular weight is 411 g/mol. The van der Waals surface area contributed by atoms with Crippen molar-refractivity contribution in [1.82, 2.24) is 0 Å². The Balaban J connectivity index is 1.42. The number of hydrogen-bond donors (Lipinski definition) is 1. The predicted molar refractivity (Wildman–Crippen MR) is 126 cm³/mol. The Bertz CT molecular complexity index is 758. The molecule has 5 aliphatic carbocycles. The van der Waals surface area contributed by atoms with Crippen molar-refractivity contribution in [2.45, 2.75) is 105 Å². The van der Waals surface area contributed by atoms with E-state index in [1.807, 2.05) is 5.57 Å². The average Bonchev–Trinajstić information content (AvgIpc) is 3.30. The maximum atomic E-state index is 10.4. The van der Waals surface area contributed by atoms with Crippen molar-refractivity contribution in [2.75, 3.05) is 0 Å². The molecule has 0 unspecified atom stereocenters. The molecular weight excluding hydrogens is 364 g/mol. The zero-order valence-electron chi connectivity index (χ0n) is 20.5. The van der Waals surface area contributed by atoms with Crippen LogP contribution in [-0.4, -0.2) is 11.2 Å². The minimum atomic E-state index is -0.0288. The standard InChI is InChI=1S/C29H46O/c1-19(2)20(3)7-8-21(4)23-10-13-27(6)24-12-15-28-17-22(30)9-16-29(28,18-28)25(24)11-14-26(23,27)5/h7-8,11,19-24,30H,9-10,12-18H2,1-6H3/b8-7+/t20-,21+,22+,23+,24+,26+,27-,28+,29-/m0/s1. The SMILES string of the molecule is CC(C)[C@@H](C)/C=C/[C@@H](C)[C@H]1CC[C@@]2(C)[C@@H]3CC[C@]45C[C@H](O)CC[C@]4(C5)C3=CC[C@]12C. The first-order valence-corrected chi connectivity index (χ1v) is 13.2. The molecule has 168 valence electrons. The van der Waals surface area contributed by atoms with Crippen LogP contribution in [0.1, 0.15) is 99.3 Å². The van der Waals surface area contributed by atoms with Crippen LogP contribution in [-0.2, 0) is 0 Å². The summed E-state index contributed by atoms with van der Waals surface area (Å²) in [5.41, 5.74) is 3.75. The number of allylic oxidation sites excluding steroid dienone is 4. The van der Waals surface area contributed by atoms with Gasteiger partial charge >= 0.3 is 0 Å². The predicted octanol–water partition coefficient (Wildman–Crippen LogP) is 7.55. The largest absolute Gasteiger partial charge is 0.393 e. The Morgan fingerprint density at radius 1 is 0.967 bits per heavy atom. The van der Waals surface area contributed by atoms with Gasteiger partial charge in [0.05, 0.1) is 6.10 Å². The van der Waals surface area contributed by atoms with Crippen molar-refractivity contribution in [3.63, 3.8) is 0 Å². The number of rotatable bonds is 4. The Morgan fingerprint density at radius 3 is 2.47 bits per heavy atom. The van der Waals surface area contributed by atoms with E-state index in [0.717, 1.165) is 30.6 Å². The van der Waals surface area contributed by atoms with Gasteiger partial charge in [0.1, 0.15) is 0 Å². The minimum absolute atomic E-state index is 0.0288. The van der Waals surface area contributed by atoms with Gasteiger partial charge in [0, 0.05) is 0 Å². The fourth-order valence-corrected chi connectivity index (χ4v) is 9.32. The first-order valence-electron chi connectivity index (χ1n) is 13.2. The molecule has 0 saturated heterocycles. The molecule has 1 heteroatoms. The summed E-state index contributed by atoms with van der Waals surface area (Å²) in [6.07, 6.45) is 19.5. The number of aliphatic hydroxyl groups is 1. The maximum absolute atomic E-state index is 10.4. The molecule has 1 N–H and O–H groups in total. The topological polar surface area (TPSA) is 20.2 Å². The molecule has 1 nitrogen and oxygen atoms in total. The van der Waals surface area contributed by atoms with Crippen LogP contribution in [0.25, 0.3) is 0 Å². The summed E-state index contributed by atoms with van der Waals surface area (Å²) in [6, 6.07) is 0. The fraction of sp³-hybridized carbons (Fsp3) is 0.862. The Hall–Kier alpha value is -0.560. The quantitative estimate of drug-likeness (QED) is 0.474. The van der Waals surface area contributed by atoms with Crippen LogP contribution in [0.15, 0.2) is 23.8 Å². The second-order valence-corrected chi connectivity index (χ2v) is 13.2. The summed E-state index contributed by atoms with van der Waals surface area (Å²) in [4.78, 5) is 0. The molecule has 0 spiro atoms. The van der Waals surface area contributed by atoms with Gasteiger partial charge in [-0.2, -0.15) is 0 Å². The van der Waals surface area contributed by atoms with E-state index in [2.05, 4.69) is 59.8 Å². The molecule has 5 rings (SSSR count). The second kappa shape index (κ2) is 6.72. The van der Waals surface area contributed by atoms with E-state index in [9.17, 15) is 5.11 Å². The van der Waals surface area contributed by atoms with Crippen LogP contribution < -0.4 is 0 Å². The molecule has 30 heavy (non-hydrogen) atoms. The van der Waals surface area contributed by atoms with Crippen LogP contribution in [0, 0.1) is 51.2 Å². The highest BCUT2D eigenvalue weighted by molar-refractivity contribution is 5.41. The molecule has 4 fully saturated rings. The monoisotopic (exact) mass is 410 g/mol. The molecular formula is C29H46O. The molecule has 5 aliphatic rings. The van der Waals surface area contributed by atoms with Crippen molar-refractivity contribution < 1.29 is 5.11 Å². The maximum Gasteiger partial charge on any atom is 0.0546 e. The normalized spacial score (nSPS) is 51.6. The zero-order valence-corrected chi connectivity index (χ0v) is 20.5. The van der Waals surface area contributed by atoms with Gasteiger partial charge in [-0.15, -0.1) is 0 Å². The van der Waals surface area contributed by atoms with Crippen LogP contribution in [0.4, 0.5) is 0 Å². The van der Waals surface area contributed by atoms with Crippen LogP contribution in [0.3, 0.4) is 0 Å². The molecule has 0 heterocycles. The first kappa shape index (κ1) is 21.3. The molecule has 0 aliphatic heterocycles. The number of fused-ring (bicyclic) bond motifs is 3. The Kier molecular flexibility index (Phi) is 4.77. The van der Waals surface area contributed by atoms with Gasteiger partial charge < -0.3 is 5.11 Å². The van der Waals surface area contributed by atoms with Crippen LogP contribution in [0.5, 0.6) is 0 Å². The van der Waals surface area contributed by atoms with Gasteiger partial charge in [0.25, 0.3) is 0 Å². The number of aliphatic hydroxyl groups excluding tert-OH is 1. The molecule has 4 saturated carbocycles. The smallest absolute Gasteiger partial charge is 0.0546 e. The molecule has 0 aromatic rings. The summed E-state index contributed by atoms with van der Waals surface area (Å²) in [5, 5.41) is 10.4. The summed E-state index contributed by atoms with van der Waals surface area (Å²) < 4.78 is 0. The minimum Gasteiger partial charge on any atom is -0.393 e. The lowest BCUT2D eigenvalue weighted by molar-refractivity contribution is -0.0294. The third kappa shape index (κ3) is 2.63. The van der Waals surface area contributed by atoms with Crippen molar-refractivity contribution in [3.05, 3.63) is 23.8 Å². The van der Waals surface area contributed by atoms with Crippen molar-refractivity contribution >= 4 is 0 Å². The van der Waals surface area contributed by atoms with E-state index in [-0.39, 0.29) is 6.10 Å². The molecule has 9 atom stereocenters. The lowest BCUT2D eigenvalue weighted by Gasteiger charge is -2.57. The van der Waals surface area contributed by atoms with Crippen molar-refractivity contribution in [1.29, 1.82) is 0 Å². The van der Waals surface area contributed by atoms with E-state index in [4.69, 9.17) is 0 Å². The summed E-state index contributed by atoms with van der Waals surface area (Å²) >= 11 is 0. The van der Waals surface area contributed by atoms with E-state index < -0.39 is 0 Å². The third-order valence-corrected chi connectivity index (χ3v) is 11.9. The Labute approximate surface area is 185 Å². The van der Waals surface area contributed by atoms with Crippen LogP contribution >= 0.6 is 0 Å². The molecule has 0 bridgehead atoms. The number of hydrogen-bond acceptors (Lipinski definition) is 1. The molecule has 0 aromatic heterocycles. The van der Waals surface area contributed by atoms with E-state index in [1.165, 1.54) is 44.9 Å². The van der Waals surface area contributed by atoms with Gasteiger partial charge in [-0.1, -0.05) is 65.3 Å². The second-order valence-electron chi connectivity index (χ2n) is 13.2. The van der Waals surface area contributed by atoms with E-state index in [0.29, 0.717) is 33.5 Å². The summed E-state index contributed by atoms with van der Waals surface area (Å²) in [6.45, 7) is 14.9. The van der Waals surface area contributed by atoms with Gasteiger partial charge in [-0.05, 0) is 109 Å². The molecule has 0 radical (unpaired) electrons. The van der Waals surface area contributed by atoms with Crippen molar-refractivity contribution in [2.24, 2.45) is 51.2 Å². The van der Waals surface area contributed by atoms with Crippen molar-refractivity contribution in [3.8, 4) is 0 Å².